The lowest BCUT2D eigenvalue weighted by molar-refractivity contribution is 0.0415. The van der Waals surface area contributed by atoms with Gasteiger partial charge in [0.25, 0.3) is 0 Å². The third kappa shape index (κ3) is 4.17. The molecule has 3 nitrogen and oxygen atoms in total. The van der Waals surface area contributed by atoms with E-state index in [-0.39, 0.29) is 0 Å². The van der Waals surface area contributed by atoms with Crippen molar-refractivity contribution in [2.24, 2.45) is 5.92 Å². The van der Waals surface area contributed by atoms with Crippen LogP contribution in [0.3, 0.4) is 0 Å². The van der Waals surface area contributed by atoms with Gasteiger partial charge in [0.15, 0.2) is 0 Å². The maximum atomic E-state index is 3.70. The topological polar surface area (TPSA) is 18.5 Å². The van der Waals surface area contributed by atoms with E-state index in [4.69, 9.17) is 0 Å². The fourth-order valence-electron chi connectivity index (χ4n) is 3.66. The fourth-order valence-corrected chi connectivity index (χ4v) is 3.66. The summed E-state index contributed by atoms with van der Waals surface area (Å²) in [5.41, 5.74) is 0. The van der Waals surface area contributed by atoms with E-state index in [0.717, 1.165) is 18.5 Å². The molecule has 0 aromatic rings. The number of piperazine rings is 1. The third-order valence-corrected chi connectivity index (χ3v) is 5.17. The summed E-state index contributed by atoms with van der Waals surface area (Å²) < 4.78 is 0. The Balaban J connectivity index is 1.84. The Morgan fingerprint density at radius 3 is 2.74 bits per heavy atom. The van der Waals surface area contributed by atoms with Gasteiger partial charge in [-0.1, -0.05) is 33.6 Å². The molecule has 0 aliphatic carbocycles. The molecule has 2 aliphatic rings. The van der Waals surface area contributed by atoms with Gasteiger partial charge in [0.1, 0.15) is 0 Å². The minimum absolute atomic E-state index is 0.671. The molecule has 19 heavy (non-hydrogen) atoms. The Bertz CT molecular complexity index is 256. The van der Waals surface area contributed by atoms with Crippen molar-refractivity contribution in [2.45, 2.75) is 58.5 Å². The molecule has 0 aromatic carbocycles. The van der Waals surface area contributed by atoms with Crippen molar-refractivity contribution in [1.29, 1.82) is 0 Å². The van der Waals surface area contributed by atoms with Gasteiger partial charge in [0.2, 0.25) is 0 Å². The van der Waals surface area contributed by atoms with Crippen LogP contribution in [0, 0.1) is 5.92 Å². The van der Waals surface area contributed by atoms with Crippen molar-refractivity contribution in [2.75, 3.05) is 39.3 Å². The third-order valence-electron chi connectivity index (χ3n) is 5.17. The molecule has 2 aliphatic heterocycles. The van der Waals surface area contributed by atoms with Gasteiger partial charge >= 0.3 is 0 Å². The molecule has 0 aromatic heterocycles. The lowest BCUT2D eigenvalue weighted by Crippen LogP contribution is -2.57. The van der Waals surface area contributed by atoms with Crippen LogP contribution in [0.25, 0.3) is 0 Å². The first-order valence-electron chi connectivity index (χ1n) is 8.44. The first-order chi connectivity index (χ1) is 9.24. The smallest absolute Gasteiger partial charge is 0.0223 e. The number of rotatable bonds is 6. The zero-order valence-electron chi connectivity index (χ0n) is 13.2. The van der Waals surface area contributed by atoms with Crippen molar-refractivity contribution in [3.8, 4) is 0 Å². The molecule has 2 fully saturated rings. The van der Waals surface area contributed by atoms with Crippen molar-refractivity contribution < 1.29 is 0 Å². The van der Waals surface area contributed by atoms with Gasteiger partial charge in [-0.3, -0.25) is 9.80 Å². The Kier molecular flexibility index (Phi) is 6.11. The van der Waals surface area contributed by atoms with E-state index >= 15 is 0 Å². The second kappa shape index (κ2) is 7.61. The Hall–Kier alpha value is -0.120. The average Bonchev–Trinajstić information content (AvgIpc) is 2.46. The molecule has 0 radical (unpaired) electrons. The van der Waals surface area contributed by atoms with Gasteiger partial charge < -0.3 is 5.32 Å². The molecule has 2 rings (SSSR count). The van der Waals surface area contributed by atoms with Crippen LogP contribution < -0.4 is 5.32 Å². The largest absolute Gasteiger partial charge is 0.313 e. The van der Waals surface area contributed by atoms with Crippen LogP contribution in [0.1, 0.15) is 46.5 Å². The highest BCUT2D eigenvalue weighted by atomic mass is 15.3. The number of hydrogen-bond donors (Lipinski definition) is 1. The predicted octanol–water partition coefficient (Wildman–Crippen LogP) is 2.18. The lowest BCUT2D eigenvalue weighted by Gasteiger charge is -2.45. The van der Waals surface area contributed by atoms with Crippen LogP contribution in [0.15, 0.2) is 0 Å². The number of nitrogens with zero attached hydrogens (tertiary/aromatic N) is 2. The second-order valence-electron chi connectivity index (χ2n) is 6.49. The van der Waals surface area contributed by atoms with Crippen LogP contribution in [-0.4, -0.2) is 61.2 Å². The number of nitrogens with one attached hydrogen (secondary N) is 1. The normalized spacial score (nSPS) is 28.9. The Morgan fingerprint density at radius 1 is 1.16 bits per heavy atom. The zero-order chi connectivity index (χ0) is 13.7. The molecule has 0 spiro atoms. The van der Waals surface area contributed by atoms with Gasteiger partial charge in [-0.25, -0.2) is 0 Å². The van der Waals surface area contributed by atoms with Gasteiger partial charge in [-0.05, 0) is 31.8 Å². The van der Waals surface area contributed by atoms with E-state index in [1.807, 2.05) is 0 Å². The summed E-state index contributed by atoms with van der Waals surface area (Å²) in [5, 5.41) is 3.70. The molecule has 3 unspecified atom stereocenters. The Labute approximate surface area is 119 Å². The molecule has 1 N–H and O–H groups in total. The van der Waals surface area contributed by atoms with Crippen LogP contribution in [-0.2, 0) is 0 Å². The summed E-state index contributed by atoms with van der Waals surface area (Å²) in [7, 11) is 0. The Morgan fingerprint density at radius 2 is 2.00 bits per heavy atom. The standard InChI is InChI=1S/C16H33N3/c1-4-14(3)16(17-5-2)13-18-10-11-19-9-7-6-8-15(19)12-18/h14-17H,4-13H2,1-3H3. The summed E-state index contributed by atoms with van der Waals surface area (Å²) in [6.07, 6.45) is 5.56. The molecule has 0 saturated carbocycles. The van der Waals surface area contributed by atoms with Crippen molar-refractivity contribution in [3.05, 3.63) is 0 Å². The summed E-state index contributed by atoms with van der Waals surface area (Å²) in [6.45, 7) is 14.5. The van der Waals surface area contributed by atoms with E-state index in [2.05, 4.69) is 35.9 Å². The minimum atomic E-state index is 0.671. The molecule has 3 atom stereocenters. The summed E-state index contributed by atoms with van der Waals surface area (Å²) in [4.78, 5) is 5.44. The number of hydrogen-bond acceptors (Lipinski definition) is 3. The SMILES string of the molecule is CCNC(CN1CCN2CCCCC2C1)C(C)CC. The van der Waals surface area contributed by atoms with Crippen LogP contribution >= 0.6 is 0 Å². The molecule has 2 heterocycles. The molecule has 2 saturated heterocycles. The van der Waals surface area contributed by atoms with Crippen molar-refractivity contribution >= 4 is 0 Å². The average molecular weight is 267 g/mol. The van der Waals surface area contributed by atoms with Crippen LogP contribution in [0.4, 0.5) is 0 Å². The highest BCUT2D eigenvalue weighted by Crippen LogP contribution is 2.21. The molecule has 0 bridgehead atoms. The fraction of sp³-hybridized carbons (Fsp3) is 1.00. The number of likely N-dealkylation sites (N-methyl/N-ethyl adjacent to an activating group) is 1. The molecule has 3 heteroatoms. The maximum absolute atomic E-state index is 3.70. The van der Waals surface area contributed by atoms with E-state index in [1.165, 1.54) is 58.4 Å². The van der Waals surface area contributed by atoms with Gasteiger partial charge in [0, 0.05) is 38.3 Å². The van der Waals surface area contributed by atoms with E-state index in [9.17, 15) is 0 Å². The number of fused-ring (bicyclic) bond motifs is 1. The van der Waals surface area contributed by atoms with E-state index in [0.29, 0.717) is 6.04 Å². The first kappa shape index (κ1) is 15.3. The quantitative estimate of drug-likeness (QED) is 0.796. The second-order valence-corrected chi connectivity index (χ2v) is 6.49. The minimum Gasteiger partial charge on any atom is -0.313 e. The van der Waals surface area contributed by atoms with E-state index < -0.39 is 0 Å². The maximum Gasteiger partial charge on any atom is 0.0223 e. The molecular formula is C16H33N3. The van der Waals surface area contributed by atoms with Gasteiger partial charge in [-0.15, -0.1) is 0 Å². The van der Waals surface area contributed by atoms with Gasteiger partial charge in [-0.2, -0.15) is 0 Å². The zero-order valence-corrected chi connectivity index (χ0v) is 13.2. The van der Waals surface area contributed by atoms with Crippen molar-refractivity contribution in [3.63, 3.8) is 0 Å². The monoisotopic (exact) mass is 267 g/mol. The highest BCUT2D eigenvalue weighted by Gasteiger charge is 2.30. The summed E-state index contributed by atoms with van der Waals surface area (Å²) in [6, 6.07) is 1.52. The molecular weight excluding hydrogens is 234 g/mol. The highest BCUT2D eigenvalue weighted by molar-refractivity contribution is 4.87. The number of piperidine rings is 1. The van der Waals surface area contributed by atoms with Crippen LogP contribution in [0.2, 0.25) is 0 Å². The molecule has 0 amide bonds. The lowest BCUT2D eigenvalue weighted by atomic mass is 9.96. The van der Waals surface area contributed by atoms with Crippen LogP contribution in [0.5, 0.6) is 0 Å². The predicted molar refractivity (Wildman–Crippen MR) is 82.6 cm³/mol. The van der Waals surface area contributed by atoms with E-state index in [1.54, 1.807) is 0 Å². The first-order valence-corrected chi connectivity index (χ1v) is 8.44. The summed E-state index contributed by atoms with van der Waals surface area (Å²) in [5.74, 6) is 0.782. The summed E-state index contributed by atoms with van der Waals surface area (Å²) >= 11 is 0. The van der Waals surface area contributed by atoms with Crippen molar-refractivity contribution in [1.82, 2.24) is 15.1 Å². The molecule has 112 valence electrons. The van der Waals surface area contributed by atoms with Gasteiger partial charge in [0.05, 0.1) is 0 Å².